The van der Waals surface area contributed by atoms with Crippen molar-refractivity contribution in [1.82, 2.24) is 4.57 Å². The van der Waals surface area contributed by atoms with E-state index in [1.165, 1.54) is 22.0 Å². The standard InChI is InChI=1S/C20H21ClN2O4S2/c1-20(2,25)12-23-10-13(4-7-19(23)24)14-8-18(28-11-14)16-6-5-15(9-17(16)21)22-29(3,26)27/h4-11,22,25H,12H2,1-3H3. The van der Waals surface area contributed by atoms with Crippen molar-refractivity contribution in [2.24, 2.45) is 0 Å². The first-order valence-corrected chi connectivity index (χ1v) is 11.9. The first-order valence-electron chi connectivity index (χ1n) is 8.71. The molecule has 29 heavy (non-hydrogen) atoms. The molecule has 0 radical (unpaired) electrons. The van der Waals surface area contributed by atoms with Crippen molar-refractivity contribution < 1.29 is 13.5 Å². The Kier molecular flexibility index (Phi) is 5.91. The number of anilines is 1. The summed E-state index contributed by atoms with van der Waals surface area (Å²) in [7, 11) is -3.38. The Bertz CT molecular complexity index is 1210. The quantitative estimate of drug-likeness (QED) is 0.590. The zero-order valence-corrected chi connectivity index (χ0v) is 18.5. The fraction of sp³-hybridized carbons (Fsp3) is 0.250. The van der Waals surface area contributed by atoms with Crippen LogP contribution in [0.1, 0.15) is 13.8 Å². The van der Waals surface area contributed by atoms with E-state index in [1.54, 1.807) is 44.3 Å². The van der Waals surface area contributed by atoms with E-state index in [2.05, 4.69) is 4.72 Å². The van der Waals surface area contributed by atoms with Crippen molar-refractivity contribution in [3.05, 3.63) is 63.4 Å². The second-order valence-electron chi connectivity index (χ2n) is 7.46. The molecule has 154 valence electrons. The summed E-state index contributed by atoms with van der Waals surface area (Å²) < 4.78 is 26.6. The summed E-state index contributed by atoms with van der Waals surface area (Å²) in [5.41, 5.74) is 1.77. The largest absolute Gasteiger partial charge is 0.389 e. The molecule has 6 nitrogen and oxygen atoms in total. The molecule has 3 aromatic rings. The molecule has 0 fully saturated rings. The molecule has 2 aromatic heterocycles. The second kappa shape index (κ2) is 7.95. The number of aromatic nitrogens is 1. The van der Waals surface area contributed by atoms with Crippen LogP contribution in [0.5, 0.6) is 0 Å². The maximum Gasteiger partial charge on any atom is 0.250 e. The van der Waals surface area contributed by atoms with E-state index in [4.69, 9.17) is 11.6 Å². The molecule has 1 aromatic carbocycles. The smallest absolute Gasteiger partial charge is 0.250 e. The summed E-state index contributed by atoms with van der Waals surface area (Å²) in [4.78, 5) is 13.0. The summed E-state index contributed by atoms with van der Waals surface area (Å²) in [6.45, 7) is 3.50. The lowest BCUT2D eigenvalue weighted by molar-refractivity contribution is 0.0605. The summed E-state index contributed by atoms with van der Waals surface area (Å²) >= 11 is 7.86. The van der Waals surface area contributed by atoms with E-state index in [-0.39, 0.29) is 12.1 Å². The Morgan fingerprint density at radius 2 is 1.90 bits per heavy atom. The van der Waals surface area contributed by atoms with Gasteiger partial charge >= 0.3 is 0 Å². The Balaban J connectivity index is 1.92. The number of benzene rings is 1. The highest BCUT2D eigenvalue weighted by atomic mass is 35.5. The fourth-order valence-electron chi connectivity index (χ4n) is 2.86. The molecule has 0 unspecified atom stereocenters. The lowest BCUT2D eigenvalue weighted by Crippen LogP contribution is -2.32. The molecule has 0 aliphatic heterocycles. The summed E-state index contributed by atoms with van der Waals surface area (Å²) in [6.07, 6.45) is 2.81. The van der Waals surface area contributed by atoms with Gasteiger partial charge in [-0.25, -0.2) is 8.42 Å². The van der Waals surface area contributed by atoms with Crippen LogP contribution in [-0.2, 0) is 16.6 Å². The van der Waals surface area contributed by atoms with Crippen molar-refractivity contribution >= 4 is 38.6 Å². The number of nitrogens with zero attached hydrogens (tertiary/aromatic N) is 1. The Hall–Kier alpha value is -2.13. The molecule has 2 N–H and O–H groups in total. The monoisotopic (exact) mass is 452 g/mol. The number of aliphatic hydroxyl groups is 1. The van der Waals surface area contributed by atoms with Crippen molar-refractivity contribution in [1.29, 1.82) is 0 Å². The van der Waals surface area contributed by atoms with Gasteiger partial charge < -0.3 is 9.67 Å². The number of sulfonamides is 1. The van der Waals surface area contributed by atoms with Crippen molar-refractivity contribution in [2.45, 2.75) is 26.0 Å². The maximum atomic E-state index is 12.1. The number of halogens is 1. The molecule has 0 saturated heterocycles. The van der Waals surface area contributed by atoms with Crippen LogP contribution < -0.4 is 10.3 Å². The Morgan fingerprint density at radius 1 is 1.17 bits per heavy atom. The first kappa shape index (κ1) is 21.6. The molecular weight excluding hydrogens is 432 g/mol. The van der Waals surface area contributed by atoms with Crippen molar-refractivity contribution in [3.8, 4) is 21.6 Å². The van der Waals surface area contributed by atoms with Crippen LogP contribution in [0.2, 0.25) is 5.02 Å². The average Bonchev–Trinajstić information content (AvgIpc) is 3.04. The molecule has 0 bridgehead atoms. The van der Waals surface area contributed by atoms with Gasteiger partial charge in [-0.1, -0.05) is 11.6 Å². The second-order valence-corrected chi connectivity index (χ2v) is 10.5. The topological polar surface area (TPSA) is 88.4 Å². The highest BCUT2D eigenvalue weighted by Crippen LogP contribution is 2.37. The zero-order chi connectivity index (χ0) is 21.4. The van der Waals surface area contributed by atoms with Gasteiger partial charge in [0.25, 0.3) is 5.56 Å². The first-order chi connectivity index (χ1) is 13.4. The van der Waals surface area contributed by atoms with Gasteiger partial charge in [0.2, 0.25) is 10.0 Å². The van der Waals surface area contributed by atoms with E-state index in [0.717, 1.165) is 27.8 Å². The minimum absolute atomic E-state index is 0.177. The van der Waals surface area contributed by atoms with E-state index >= 15 is 0 Å². The lowest BCUT2D eigenvalue weighted by atomic mass is 10.1. The molecule has 2 heterocycles. The maximum absolute atomic E-state index is 12.1. The number of rotatable bonds is 6. The molecule has 0 spiro atoms. The van der Waals surface area contributed by atoms with Crippen LogP contribution in [0, 0.1) is 0 Å². The van der Waals surface area contributed by atoms with Gasteiger partial charge in [-0.05, 0) is 60.7 Å². The number of hydrogen-bond donors (Lipinski definition) is 2. The molecule has 0 aliphatic rings. The van der Waals surface area contributed by atoms with Gasteiger partial charge in [-0.3, -0.25) is 9.52 Å². The minimum Gasteiger partial charge on any atom is -0.389 e. The van der Waals surface area contributed by atoms with Crippen LogP contribution in [-0.4, -0.2) is 29.9 Å². The number of nitrogens with one attached hydrogen (secondary N) is 1. The zero-order valence-electron chi connectivity index (χ0n) is 16.1. The van der Waals surface area contributed by atoms with Gasteiger partial charge in [0.05, 0.1) is 23.4 Å². The molecule has 0 aliphatic carbocycles. The number of thiophene rings is 1. The lowest BCUT2D eigenvalue weighted by Gasteiger charge is -2.19. The molecule has 3 rings (SSSR count). The third-order valence-corrected chi connectivity index (χ3v) is 5.89. The summed E-state index contributed by atoms with van der Waals surface area (Å²) in [5.74, 6) is 0. The van der Waals surface area contributed by atoms with Crippen LogP contribution in [0.15, 0.2) is 52.8 Å². The van der Waals surface area contributed by atoms with E-state index in [1.807, 2.05) is 11.4 Å². The SMILES string of the molecule is CC(C)(O)Cn1cc(-c2csc(-c3ccc(NS(C)(=O)=O)cc3Cl)c2)ccc1=O. The Morgan fingerprint density at radius 3 is 2.52 bits per heavy atom. The highest BCUT2D eigenvalue weighted by Gasteiger charge is 2.15. The van der Waals surface area contributed by atoms with Gasteiger partial charge in [0, 0.05) is 28.4 Å². The average molecular weight is 453 g/mol. The minimum atomic E-state index is -3.38. The van der Waals surface area contributed by atoms with Gasteiger partial charge in [-0.15, -0.1) is 11.3 Å². The van der Waals surface area contributed by atoms with Crippen molar-refractivity contribution in [3.63, 3.8) is 0 Å². The van der Waals surface area contributed by atoms with Gasteiger partial charge in [0.1, 0.15) is 0 Å². The van der Waals surface area contributed by atoms with E-state index in [0.29, 0.717) is 10.7 Å². The number of pyridine rings is 1. The van der Waals surface area contributed by atoms with Crippen molar-refractivity contribution in [2.75, 3.05) is 11.0 Å². The third-order valence-electron chi connectivity index (χ3n) is 4.01. The van der Waals surface area contributed by atoms with Crippen LogP contribution in [0.3, 0.4) is 0 Å². The third kappa shape index (κ3) is 5.70. The van der Waals surface area contributed by atoms with Crippen LogP contribution >= 0.6 is 22.9 Å². The summed E-state index contributed by atoms with van der Waals surface area (Å²) in [5, 5.41) is 12.4. The van der Waals surface area contributed by atoms with Crippen LogP contribution in [0.4, 0.5) is 5.69 Å². The van der Waals surface area contributed by atoms with E-state index in [9.17, 15) is 18.3 Å². The number of hydrogen-bond acceptors (Lipinski definition) is 5. The van der Waals surface area contributed by atoms with E-state index < -0.39 is 15.6 Å². The van der Waals surface area contributed by atoms with Gasteiger partial charge in [-0.2, -0.15) is 0 Å². The fourth-order valence-corrected chi connectivity index (χ4v) is 4.72. The summed E-state index contributed by atoms with van der Waals surface area (Å²) in [6, 6.07) is 10.2. The molecule has 0 amide bonds. The van der Waals surface area contributed by atoms with Crippen LogP contribution in [0.25, 0.3) is 21.6 Å². The predicted molar refractivity (Wildman–Crippen MR) is 119 cm³/mol. The molecule has 0 saturated carbocycles. The molecular formula is C20H21ClN2O4S2. The molecule has 0 atom stereocenters. The highest BCUT2D eigenvalue weighted by molar-refractivity contribution is 7.92. The predicted octanol–water partition coefficient (Wildman–Crippen LogP) is 4.04. The Labute approximate surface area is 178 Å². The molecule has 9 heteroatoms. The van der Waals surface area contributed by atoms with Gasteiger partial charge in [0.15, 0.2) is 0 Å². The normalized spacial score (nSPS) is 12.2.